The molecule has 0 bridgehead atoms. The van der Waals surface area contributed by atoms with E-state index in [9.17, 15) is 0 Å². The second-order valence-corrected chi connectivity index (χ2v) is 5.03. The van der Waals surface area contributed by atoms with Gasteiger partial charge in [-0.15, -0.1) is 18.2 Å². The largest absolute Gasteiger partial charge is 0.312 e. The van der Waals surface area contributed by atoms with Gasteiger partial charge in [-0.05, 0) is 19.4 Å². The lowest BCUT2D eigenvalue weighted by molar-refractivity contribution is 0.731. The van der Waals surface area contributed by atoms with E-state index in [0.717, 1.165) is 24.6 Å². The normalized spacial score (nSPS) is 10.1. The molecule has 0 aliphatic carbocycles. The number of benzene rings is 1. The van der Waals surface area contributed by atoms with E-state index >= 15 is 0 Å². The Balaban J connectivity index is 2.24. The predicted molar refractivity (Wildman–Crippen MR) is 73.8 cm³/mol. The van der Waals surface area contributed by atoms with Gasteiger partial charge in [0.2, 0.25) is 0 Å². The molecule has 0 saturated heterocycles. The maximum Gasteiger partial charge on any atom is 0.0545 e. The third-order valence-electron chi connectivity index (χ3n) is 2.22. The van der Waals surface area contributed by atoms with Crippen molar-refractivity contribution in [2.75, 3.05) is 18.1 Å². The standard InChI is InChI=1S/C14H19NS/c1-4-6-16-7-5-15-11-14-9-12(2)8-13(3)10-14/h1,8-10,15H,5-7,11H2,2-3H3. The lowest BCUT2D eigenvalue weighted by Gasteiger charge is -2.06. The maximum atomic E-state index is 5.18. The van der Waals surface area contributed by atoms with Gasteiger partial charge >= 0.3 is 0 Å². The first-order valence-electron chi connectivity index (χ1n) is 5.51. The summed E-state index contributed by atoms with van der Waals surface area (Å²) in [5.41, 5.74) is 4.02. The molecule has 0 spiro atoms. The van der Waals surface area contributed by atoms with Crippen LogP contribution in [0, 0.1) is 26.2 Å². The summed E-state index contributed by atoms with van der Waals surface area (Å²) in [5.74, 6) is 4.52. The van der Waals surface area contributed by atoms with Crippen molar-refractivity contribution in [2.45, 2.75) is 20.4 Å². The molecule has 0 unspecified atom stereocenters. The van der Waals surface area contributed by atoms with Gasteiger partial charge in [0.05, 0.1) is 5.75 Å². The second kappa shape index (κ2) is 7.38. The van der Waals surface area contributed by atoms with Crippen LogP contribution in [0.15, 0.2) is 18.2 Å². The molecule has 0 aliphatic heterocycles. The number of hydrogen-bond acceptors (Lipinski definition) is 2. The third-order valence-corrected chi connectivity index (χ3v) is 3.08. The summed E-state index contributed by atoms with van der Waals surface area (Å²) in [6.45, 7) is 6.23. The summed E-state index contributed by atoms with van der Waals surface area (Å²) in [7, 11) is 0. The molecule has 0 atom stereocenters. The fourth-order valence-corrected chi connectivity index (χ4v) is 2.23. The summed E-state index contributed by atoms with van der Waals surface area (Å²) in [5, 5.41) is 3.43. The zero-order valence-electron chi connectivity index (χ0n) is 10.0. The van der Waals surface area contributed by atoms with Crippen molar-refractivity contribution in [2.24, 2.45) is 0 Å². The Morgan fingerprint density at radius 3 is 2.56 bits per heavy atom. The van der Waals surface area contributed by atoms with Gasteiger partial charge in [0.25, 0.3) is 0 Å². The Morgan fingerprint density at radius 2 is 1.94 bits per heavy atom. The van der Waals surface area contributed by atoms with Crippen LogP contribution < -0.4 is 5.32 Å². The van der Waals surface area contributed by atoms with Crippen molar-refractivity contribution in [3.05, 3.63) is 34.9 Å². The van der Waals surface area contributed by atoms with E-state index in [1.54, 1.807) is 11.8 Å². The van der Waals surface area contributed by atoms with Crippen LogP contribution in [0.25, 0.3) is 0 Å². The molecule has 0 aromatic heterocycles. The first-order chi connectivity index (χ1) is 7.72. The van der Waals surface area contributed by atoms with E-state index < -0.39 is 0 Å². The van der Waals surface area contributed by atoms with E-state index in [0.29, 0.717) is 0 Å². The molecule has 0 saturated carbocycles. The van der Waals surface area contributed by atoms with Gasteiger partial charge in [-0.2, -0.15) is 0 Å². The van der Waals surface area contributed by atoms with Crippen LogP contribution in [0.2, 0.25) is 0 Å². The SMILES string of the molecule is C#CCSCCNCc1cc(C)cc(C)c1. The van der Waals surface area contributed by atoms with E-state index in [1.807, 2.05) is 0 Å². The lowest BCUT2D eigenvalue weighted by atomic mass is 10.1. The number of hydrogen-bond donors (Lipinski definition) is 1. The average molecular weight is 233 g/mol. The minimum Gasteiger partial charge on any atom is -0.312 e. The molecule has 1 nitrogen and oxygen atoms in total. The first-order valence-corrected chi connectivity index (χ1v) is 6.67. The average Bonchev–Trinajstić information content (AvgIpc) is 2.22. The van der Waals surface area contributed by atoms with E-state index in [2.05, 4.69) is 43.3 Å². The highest BCUT2D eigenvalue weighted by molar-refractivity contribution is 7.99. The van der Waals surface area contributed by atoms with Gasteiger partial charge in [0.15, 0.2) is 0 Å². The van der Waals surface area contributed by atoms with Crippen molar-refractivity contribution in [1.82, 2.24) is 5.32 Å². The van der Waals surface area contributed by atoms with E-state index in [4.69, 9.17) is 6.42 Å². The highest BCUT2D eigenvalue weighted by Gasteiger charge is 1.95. The monoisotopic (exact) mass is 233 g/mol. The van der Waals surface area contributed by atoms with Crippen LogP contribution in [0.3, 0.4) is 0 Å². The van der Waals surface area contributed by atoms with Crippen molar-refractivity contribution >= 4 is 11.8 Å². The predicted octanol–water partition coefficient (Wildman–Crippen LogP) is 2.76. The second-order valence-electron chi connectivity index (χ2n) is 3.93. The zero-order chi connectivity index (χ0) is 11.8. The smallest absolute Gasteiger partial charge is 0.0545 e. The Morgan fingerprint density at radius 1 is 1.25 bits per heavy atom. The molecule has 16 heavy (non-hydrogen) atoms. The van der Waals surface area contributed by atoms with Gasteiger partial charge in [0.1, 0.15) is 0 Å². The van der Waals surface area contributed by atoms with Gasteiger partial charge in [-0.3, -0.25) is 0 Å². The van der Waals surface area contributed by atoms with E-state index in [-0.39, 0.29) is 0 Å². The molecule has 1 aromatic rings. The Hall–Kier alpha value is -0.910. The van der Waals surface area contributed by atoms with Gasteiger partial charge in [-0.1, -0.05) is 35.2 Å². The fourth-order valence-electron chi connectivity index (χ4n) is 1.68. The molecule has 0 fully saturated rings. The Kier molecular flexibility index (Phi) is 6.07. The summed E-state index contributed by atoms with van der Waals surface area (Å²) < 4.78 is 0. The molecular formula is C14H19NS. The van der Waals surface area contributed by atoms with Crippen molar-refractivity contribution in [1.29, 1.82) is 0 Å². The van der Waals surface area contributed by atoms with Gasteiger partial charge < -0.3 is 5.32 Å². The van der Waals surface area contributed by atoms with Gasteiger partial charge in [-0.25, -0.2) is 0 Å². The van der Waals surface area contributed by atoms with E-state index in [1.165, 1.54) is 16.7 Å². The molecule has 0 aliphatic rings. The minimum atomic E-state index is 0.811. The molecule has 0 radical (unpaired) electrons. The summed E-state index contributed by atoms with van der Waals surface area (Å²) in [6.07, 6.45) is 5.18. The topological polar surface area (TPSA) is 12.0 Å². The molecular weight excluding hydrogens is 214 g/mol. The summed E-state index contributed by atoms with van der Waals surface area (Å²) >= 11 is 1.80. The summed E-state index contributed by atoms with van der Waals surface area (Å²) in [6, 6.07) is 6.66. The highest BCUT2D eigenvalue weighted by atomic mass is 32.2. The van der Waals surface area contributed by atoms with Crippen LogP contribution in [-0.2, 0) is 6.54 Å². The van der Waals surface area contributed by atoms with Gasteiger partial charge in [0, 0.05) is 18.8 Å². The lowest BCUT2D eigenvalue weighted by Crippen LogP contribution is -2.16. The maximum absolute atomic E-state index is 5.18. The first kappa shape index (κ1) is 13.2. The van der Waals surface area contributed by atoms with Crippen LogP contribution in [0.5, 0.6) is 0 Å². The van der Waals surface area contributed by atoms with Crippen molar-refractivity contribution in [3.8, 4) is 12.3 Å². The minimum absolute atomic E-state index is 0.811. The molecule has 1 N–H and O–H groups in total. The van der Waals surface area contributed by atoms with Crippen molar-refractivity contribution < 1.29 is 0 Å². The van der Waals surface area contributed by atoms with Crippen molar-refractivity contribution in [3.63, 3.8) is 0 Å². The summed E-state index contributed by atoms with van der Waals surface area (Å²) in [4.78, 5) is 0. The molecule has 1 rings (SSSR count). The van der Waals surface area contributed by atoms with Crippen LogP contribution >= 0.6 is 11.8 Å². The molecule has 0 heterocycles. The number of thioether (sulfide) groups is 1. The van der Waals surface area contributed by atoms with Crippen LogP contribution in [0.1, 0.15) is 16.7 Å². The number of rotatable bonds is 6. The van der Waals surface area contributed by atoms with Crippen LogP contribution in [0.4, 0.5) is 0 Å². The third kappa shape index (κ3) is 5.25. The molecule has 86 valence electrons. The molecule has 1 aromatic carbocycles. The highest BCUT2D eigenvalue weighted by Crippen LogP contribution is 2.08. The molecule has 0 amide bonds. The number of nitrogens with one attached hydrogen (secondary N) is 1. The number of aryl methyl sites for hydroxylation is 2. The Bertz CT molecular complexity index is 345. The zero-order valence-corrected chi connectivity index (χ0v) is 10.9. The van der Waals surface area contributed by atoms with Crippen LogP contribution in [-0.4, -0.2) is 18.1 Å². The quantitative estimate of drug-likeness (QED) is 0.599. The molecule has 2 heteroatoms. The number of terminal acetylenes is 1. The fraction of sp³-hybridized carbons (Fsp3) is 0.429. The Labute approximate surface area is 103 Å².